The minimum atomic E-state index is -5.67. The molecule has 0 aromatic heterocycles. The summed E-state index contributed by atoms with van der Waals surface area (Å²) in [5.74, 6) is -0.857. The van der Waals surface area contributed by atoms with Crippen LogP contribution in [0, 0.1) is 0 Å². The van der Waals surface area contributed by atoms with Gasteiger partial charge in [0.15, 0.2) is 0 Å². The first kappa shape index (κ1) is 22.8. The number of phosphoric acid groups is 3. The van der Waals surface area contributed by atoms with Crippen molar-refractivity contribution in [2.24, 2.45) is 5.73 Å². The molecule has 1 aliphatic rings. The number of nitrogens with two attached hydrogens (primary N) is 1. The summed E-state index contributed by atoms with van der Waals surface area (Å²) in [4.78, 5) is 45.7. The van der Waals surface area contributed by atoms with Gasteiger partial charge < -0.3 is 40.3 Å². The molecule has 0 aromatic rings. The van der Waals surface area contributed by atoms with Crippen LogP contribution in [-0.4, -0.2) is 66.7 Å². The van der Waals surface area contributed by atoms with Gasteiger partial charge in [0.05, 0.1) is 19.1 Å². The van der Waals surface area contributed by atoms with E-state index in [4.69, 9.17) is 25.2 Å². The number of ether oxygens (including phenoxy) is 1. The van der Waals surface area contributed by atoms with Crippen molar-refractivity contribution in [3.05, 3.63) is 0 Å². The first-order chi connectivity index (χ1) is 11.1. The number of aliphatic hydroxyl groups excluding tert-OH is 2. The van der Waals surface area contributed by atoms with Crippen molar-refractivity contribution < 1.29 is 66.2 Å². The van der Waals surface area contributed by atoms with Crippen LogP contribution in [0.3, 0.4) is 0 Å². The van der Waals surface area contributed by atoms with E-state index in [0.717, 1.165) is 0 Å². The number of amides is 1. The van der Waals surface area contributed by atoms with E-state index >= 15 is 0 Å². The molecule has 18 heteroatoms. The van der Waals surface area contributed by atoms with Gasteiger partial charge in [0.1, 0.15) is 18.3 Å². The molecule has 0 aliphatic carbocycles. The predicted octanol–water partition coefficient (Wildman–Crippen LogP) is -2.31. The highest BCUT2D eigenvalue weighted by molar-refractivity contribution is 7.66. The minimum absolute atomic E-state index is 0.468. The van der Waals surface area contributed by atoms with Gasteiger partial charge in [0.2, 0.25) is 5.91 Å². The molecule has 15 nitrogen and oxygen atoms in total. The Morgan fingerprint density at radius 1 is 0.960 bits per heavy atom. The number of carbonyl (C=O) groups is 1. The maximum Gasteiger partial charge on any atom is 0.490 e. The van der Waals surface area contributed by atoms with Crippen LogP contribution in [0.4, 0.5) is 0 Å². The van der Waals surface area contributed by atoms with Crippen molar-refractivity contribution in [2.75, 3.05) is 6.61 Å². The van der Waals surface area contributed by atoms with Gasteiger partial charge in [-0.1, -0.05) is 0 Å². The maximum atomic E-state index is 11.5. The molecular formula is C7H16NO14P3. The highest BCUT2D eigenvalue weighted by Crippen LogP contribution is 2.66. The Morgan fingerprint density at radius 2 is 1.48 bits per heavy atom. The molecular weight excluding hydrogens is 415 g/mol. The van der Waals surface area contributed by atoms with Crippen LogP contribution >= 0.6 is 23.5 Å². The monoisotopic (exact) mass is 431 g/mol. The Hall–Kier alpha value is -0.240. The zero-order valence-corrected chi connectivity index (χ0v) is 14.8. The quantitative estimate of drug-likeness (QED) is 0.190. The van der Waals surface area contributed by atoms with Crippen LogP contribution in [0.15, 0.2) is 0 Å². The largest absolute Gasteiger partial charge is 0.490 e. The zero-order chi connectivity index (χ0) is 19.6. The minimum Gasteiger partial charge on any atom is -0.388 e. The molecule has 6 atom stereocenters. The lowest BCUT2D eigenvalue weighted by Gasteiger charge is -2.19. The lowest BCUT2D eigenvalue weighted by atomic mass is 10.1. The molecule has 0 aromatic carbocycles. The Morgan fingerprint density at radius 3 is 1.96 bits per heavy atom. The van der Waals surface area contributed by atoms with E-state index < -0.39 is 66.8 Å². The topological polar surface area (TPSA) is 253 Å². The van der Waals surface area contributed by atoms with E-state index in [2.05, 4.69) is 13.1 Å². The van der Waals surface area contributed by atoms with Crippen molar-refractivity contribution in [1.82, 2.24) is 0 Å². The molecule has 6 unspecified atom stereocenters. The molecule has 1 aliphatic heterocycles. The van der Waals surface area contributed by atoms with Gasteiger partial charge in [-0.3, -0.25) is 9.32 Å². The number of carbonyl (C=O) groups excluding carboxylic acids is 1. The van der Waals surface area contributed by atoms with Gasteiger partial charge in [-0.05, 0) is 0 Å². The summed E-state index contributed by atoms with van der Waals surface area (Å²) in [6, 6.07) is 0. The van der Waals surface area contributed by atoms with E-state index in [1.807, 2.05) is 0 Å². The lowest BCUT2D eigenvalue weighted by molar-refractivity contribution is -0.122. The average molecular weight is 431 g/mol. The third-order valence-corrected chi connectivity index (χ3v) is 6.48. The van der Waals surface area contributed by atoms with Crippen LogP contribution in [0.2, 0.25) is 0 Å². The number of aliphatic hydroxyl groups is 2. The van der Waals surface area contributed by atoms with E-state index in [1.54, 1.807) is 0 Å². The molecule has 0 spiro atoms. The second-order valence-electron chi connectivity index (χ2n) is 4.75. The van der Waals surface area contributed by atoms with Gasteiger partial charge >= 0.3 is 23.5 Å². The standard InChI is InChI=1S/C7H16NO14P3/c8-5(9)1-3-6(10)7(11)4(20-3)2-19-24(15,16)22-25(17,18)21-23(12,13)14/h3-4,6-7,10-11H,1-2H2,(H2,8,9)(H,15,16)(H,17,18)(H2,12,13,14). The Balaban J connectivity index is 2.64. The lowest BCUT2D eigenvalue weighted by Crippen LogP contribution is -2.35. The molecule has 1 fully saturated rings. The second kappa shape index (κ2) is 8.19. The van der Waals surface area contributed by atoms with E-state index in [-0.39, 0.29) is 0 Å². The first-order valence-corrected chi connectivity index (χ1v) is 10.7. The molecule has 1 heterocycles. The van der Waals surface area contributed by atoms with E-state index in [0.29, 0.717) is 0 Å². The summed E-state index contributed by atoms with van der Waals surface area (Å²) in [5, 5.41) is 19.3. The Labute approximate surface area is 139 Å². The van der Waals surface area contributed by atoms with Crippen molar-refractivity contribution in [3.8, 4) is 0 Å². The fraction of sp³-hybridized carbons (Fsp3) is 0.857. The summed E-state index contributed by atoms with van der Waals surface area (Å²) in [6.45, 7) is -0.961. The average Bonchev–Trinajstić information content (AvgIpc) is 2.59. The molecule has 0 bridgehead atoms. The smallest absolute Gasteiger partial charge is 0.388 e. The fourth-order valence-electron chi connectivity index (χ4n) is 1.80. The zero-order valence-electron chi connectivity index (χ0n) is 12.1. The summed E-state index contributed by atoms with van der Waals surface area (Å²) < 4.78 is 49.3. The van der Waals surface area contributed by atoms with Crippen molar-refractivity contribution in [1.29, 1.82) is 0 Å². The Bertz CT molecular complexity index is 632. The van der Waals surface area contributed by atoms with Crippen molar-refractivity contribution in [2.45, 2.75) is 30.8 Å². The van der Waals surface area contributed by atoms with Crippen molar-refractivity contribution in [3.63, 3.8) is 0 Å². The van der Waals surface area contributed by atoms with Crippen LogP contribution in [0.5, 0.6) is 0 Å². The second-order valence-corrected chi connectivity index (χ2v) is 9.17. The summed E-state index contributed by atoms with van der Waals surface area (Å²) in [7, 11) is -16.6. The molecule has 148 valence electrons. The highest BCUT2D eigenvalue weighted by Gasteiger charge is 2.46. The number of hydrogen-bond donors (Lipinski definition) is 7. The molecule has 8 N–H and O–H groups in total. The third-order valence-electron chi connectivity index (χ3n) is 2.68. The highest BCUT2D eigenvalue weighted by atomic mass is 31.3. The molecule has 0 radical (unpaired) electrons. The van der Waals surface area contributed by atoms with Gasteiger partial charge in [-0.2, -0.15) is 8.62 Å². The maximum absolute atomic E-state index is 11.5. The van der Waals surface area contributed by atoms with Crippen LogP contribution in [0.25, 0.3) is 0 Å². The van der Waals surface area contributed by atoms with Crippen LogP contribution in [0.1, 0.15) is 6.42 Å². The van der Waals surface area contributed by atoms with E-state index in [1.165, 1.54) is 0 Å². The normalized spacial score (nSPS) is 32.1. The van der Waals surface area contributed by atoms with Gasteiger partial charge in [-0.25, -0.2) is 13.7 Å². The van der Waals surface area contributed by atoms with Crippen molar-refractivity contribution >= 4 is 29.4 Å². The summed E-state index contributed by atoms with van der Waals surface area (Å²) in [6.07, 6.45) is -6.35. The van der Waals surface area contributed by atoms with Gasteiger partial charge in [-0.15, -0.1) is 0 Å². The molecule has 1 rings (SSSR count). The van der Waals surface area contributed by atoms with Gasteiger partial charge in [0.25, 0.3) is 0 Å². The molecule has 0 saturated carbocycles. The van der Waals surface area contributed by atoms with Crippen LogP contribution in [-0.2, 0) is 36.4 Å². The third kappa shape index (κ3) is 7.89. The number of hydrogen-bond acceptors (Lipinski definition) is 10. The Kier molecular flexibility index (Phi) is 7.47. The van der Waals surface area contributed by atoms with E-state index in [9.17, 15) is 33.6 Å². The number of rotatable bonds is 9. The van der Waals surface area contributed by atoms with Gasteiger partial charge in [0, 0.05) is 0 Å². The predicted molar refractivity (Wildman–Crippen MR) is 74.3 cm³/mol. The molecule has 1 amide bonds. The number of primary amides is 1. The first-order valence-electron chi connectivity index (χ1n) is 6.20. The SMILES string of the molecule is NC(=O)CC1OC(COP(=O)(O)OP(=O)(O)OP(=O)(O)O)C(O)C1O. The fourth-order valence-corrected chi connectivity index (χ4v) is 4.83. The number of phosphoric ester groups is 1. The van der Waals surface area contributed by atoms with Crippen LogP contribution < -0.4 is 5.73 Å². The summed E-state index contributed by atoms with van der Waals surface area (Å²) >= 11 is 0. The molecule has 25 heavy (non-hydrogen) atoms. The summed E-state index contributed by atoms with van der Waals surface area (Å²) in [5.41, 5.74) is 4.90. The molecule has 1 saturated heterocycles.